The highest BCUT2D eigenvalue weighted by atomic mass is 35.5. The lowest BCUT2D eigenvalue weighted by Gasteiger charge is -2.13. The second-order valence-corrected chi connectivity index (χ2v) is 5.95. The number of carbonyl (C=O) groups excluding carboxylic acids is 1. The van der Waals surface area contributed by atoms with E-state index in [4.69, 9.17) is 30.8 Å². The van der Waals surface area contributed by atoms with Gasteiger partial charge in [-0.1, -0.05) is 11.6 Å². The Labute approximate surface area is 160 Å². The van der Waals surface area contributed by atoms with Crippen molar-refractivity contribution in [3.05, 3.63) is 65.0 Å². The van der Waals surface area contributed by atoms with Gasteiger partial charge in [0, 0.05) is 10.6 Å². The molecule has 1 aromatic heterocycles. The van der Waals surface area contributed by atoms with E-state index in [0.29, 0.717) is 27.8 Å². The number of nitrogens with zero attached hydrogens (tertiary/aromatic N) is 3. The number of rotatable bonds is 6. The Morgan fingerprint density at radius 1 is 1.19 bits per heavy atom. The molecule has 3 rings (SSSR count). The minimum atomic E-state index is -0.836. The van der Waals surface area contributed by atoms with Crippen molar-refractivity contribution in [3.63, 3.8) is 0 Å². The summed E-state index contributed by atoms with van der Waals surface area (Å²) in [6, 6.07) is 15.4. The summed E-state index contributed by atoms with van der Waals surface area (Å²) in [6.07, 6.45) is -0.836. The van der Waals surface area contributed by atoms with Gasteiger partial charge in [0.15, 0.2) is 12.7 Å². The normalized spacial score (nSPS) is 11.4. The average molecular weight is 384 g/mol. The van der Waals surface area contributed by atoms with Gasteiger partial charge in [0.25, 0.3) is 5.89 Å². The standard InChI is InChI=1S/C19H14ClN3O4/c1-12(26-16-8-2-13(10-21)3-9-16)19(24)25-11-17-22-23-18(27-17)14-4-6-15(20)7-5-14/h2-9,12H,11H2,1H3/t12-/m1/s1. The van der Waals surface area contributed by atoms with E-state index in [0.717, 1.165) is 0 Å². The largest absolute Gasteiger partial charge is 0.479 e. The van der Waals surface area contributed by atoms with Gasteiger partial charge >= 0.3 is 5.97 Å². The Balaban J connectivity index is 1.54. The summed E-state index contributed by atoms with van der Waals surface area (Å²) >= 11 is 5.84. The maximum Gasteiger partial charge on any atom is 0.347 e. The highest BCUT2D eigenvalue weighted by Crippen LogP contribution is 2.20. The van der Waals surface area contributed by atoms with Crippen molar-refractivity contribution in [2.45, 2.75) is 19.6 Å². The van der Waals surface area contributed by atoms with Crippen molar-refractivity contribution in [3.8, 4) is 23.3 Å². The van der Waals surface area contributed by atoms with Gasteiger partial charge in [-0.15, -0.1) is 10.2 Å². The summed E-state index contributed by atoms with van der Waals surface area (Å²) in [5, 5.41) is 17.1. The molecule has 0 aliphatic carbocycles. The third-order valence-electron chi connectivity index (χ3n) is 3.52. The second-order valence-electron chi connectivity index (χ2n) is 5.51. The van der Waals surface area contributed by atoms with Crippen molar-refractivity contribution >= 4 is 17.6 Å². The van der Waals surface area contributed by atoms with Crippen LogP contribution in [0.15, 0.2) is 52.9 Å². The number of hydrogen-bond acceptors (Lipinski definition) is 7. The first-order chi connectivity index (χ1) is 13.0. The molecule has 0 fully saturated rings. The summed E-state index contributed by atoms with van der Waals surface area (Å²) in [4.78, 5) is 12.1. The van der Waals surface area contributed by atoms with Crippen LogP contribution in [0.3, 0.4) is 0 Å². The first kappa shape index (κ1) is 18.4. The zero-order valence-electron chi connectivity index (χ0n) is 14.3. The van der Waals surface area contributed by atoms with Crippen LogP contribution in [-0.2, 0) is 16.1 Å². The molecule has 0 saturated heterocycles. The summed E-state index contributed by atoms with van der Waals surface area (Å²) < 4.78 is 16.1. The number of carbonyl (C=O) groups is 1. The molecule has 27 heavy (non-hydrogen) atoms. The molecule has 136 valence electrons. The van der Waals surface area contributed by atoms with Gasteiger partial charge < -0.3 is 13.9 Å². The summed E-state index contributed by atoms with van der Waals surface area (Å²) in [6.45, 7) is 1.40. The quantitative estimate of drug-likeness (QED) is 0.597. The number of hydrogen-bond donors (Lipinski definition) is 0. The number of benzene rings is 2. The Morgan fingerprint density at radius 3 is 2.56 bits per heavy atom. The zero-order chi connectivity index (χ0) is 19.2. The third-order valence-corrected chi connectivity index (χ3v) is 3.78. The number of halogens is 1. The van der Waals surface area contributed by atoms with Crippen molar-refractivity contribution in [2.75, 3.05) is 0 Å². The van der Waals surface area contributed by atoms with Crippen LogP contribution in [0.4, 0.5) is 0 Å². The molecule has 7 nitrogen and oxygen atoms in total. The lowest BCUT2D eigenvalue weighted by molar-refractivity contribution is -0.153. The molecule has 0 amide bonds. The van der Waals surface area contributed by atoms with Crippen LogP contribution in [0, 0.1) is 11.3 Å². The fourth-order valence-electron chi connectivity index (χ4n) is 2.13. The summed E-state index contributed by atoms with van der Waals surface area (Å²) in [5.74, 6) is 0.352. The minimum absolute atomic E-state index is 0.166. The van der Waals surface area contributed by atoms with E-state index in [1.54, 1.807) is 55.5 Å². The van der Waals surface area contributed by atoms with Crippen LogP contribution < -0.4 is 4.74 Å². The van der Waals surface area contributed by atoms with Crippen molar-refractivity contribution < 1.29 is 18.7 Å². The number of nitriles is 1. The lowest BCUT2D eigenvalue weighted by Crippen LogP contribution is -2.26. The zero-order valence-corrected chi connectivity index (χ0v) is 15.0. The Bertz CT molecular complexity index is 962. The van der Waals surface area contributed by atoms with Gasteiger partial charge in [0.2, 0.25) is 5.89 Å². The smallest absolute Gasteiger partial charge is 0.347 e. The average Bonchev–Trinajstić information content (AvgIpc) is 3.16. The van der Waals surface area contributed by atoms with Crippen LogP contribution >= 0.6 is 11.6 Å². The topological polar surface area (TPSA) is 98.2 Å². The first-order valence-corrected chi connectivity index (χ1v) is 8.35. The van der Waals surface area contributed by atoms with Gasteiger partial charge in [-0.2, -0.15) is 5.26 Å². The molecule has 0 radical (unpaired) electrons. The molecule has 0 unspecified atom stereocenters. The molecule has 0 saturated carbocycles. The lowest BCUT2D eigenvalue weighted by atomic mass is 10.2. The third kappa shape index (κ3) is 4.84. The number of esters is 1. The highest BCUT2D eigenvalue weighted by molar-refractivity contribution is 6.30. The van der Waals surface area contributed by atoms with Crippen molar-refractivity contribution in [2.24, 2.45) is 0 Å². The van der Waals surface area contributed by atoms with E-state index < -0.39 is 12.1 Å². The van der Waals surface area contributed by atoms with Crippen LogP contribution in [0.1, 0.15) is 18.4 Å². The SMILES string of the molecule is C[C@@H](Oc1ccc(C#N)cc1)C(=O)OCc1nnc(-c2ccc(Cl)cc2)o1. The molecule has 0 aliphatic rings. The molecule has 1 atom stereocenters. The Morgan fingerprint density at radius 2 is 1.89 bits per heavy atom. The van der Waals surface area contributed by atoms with Crippen LogP contribution in [0.5, 0.6) is 5.75 Å². The number of aromatic nitrogens is 2. The van der Waals surface area contributed by atoms with Gasteiger partial charge in [-0.3, -0.25) is 0 Å². The van der Waals surface area contributed by atoms with E-state index in [-0.39, 0.29) is 12.5 Å². The van der Waals surface area contributed by atoms with Crippen LogP contribution in [0.2, 0.25) is 5.02 Å². The molecule has 8 heteroatoms. The van der Waals surface area contributed by atoms with Crippen LogP contribution in [-0.4, -0.2) is 22.3 Å². The molecule has 1 heterocycles. The van der Waals surface area contributed by atoms with E-state index in [2.05, 4.69) is 10.2 Å². The van der Waals surface area contributed by atoms with Gasteiger partial charge in [0.1, 0.15) is 5.75 Å². The van der Waals surface area contributed by atoms with E-state index in [1.165, 1.54) is 0 Å². The Hall–Kier alpha value is -3.37. The van der Waals surface area contributed by atoms with Gasteiger partial charge in [-0.25, -0.2) is 4.79 Å². The van der Waals surface area contributed by atoms with Crippen molar-refractivity contribution in [1.82, 2.24) is 10.2 Å². The molecule has 0 aliphatic heterocycles. The molecule has 0 spiro atoms. The van der Waals surface area contributed by atoms with Crippen LogP contribution in [0.25, 0.3) is 11.5 Å². The molecule has 3 aromatic rings. The first-order valence-electron chi connectivity index (χ1n) is 7.97. The molecular weight excluding hydrogens is 370 g/mol. The van der Waals surface area contributed by atoms with E-state index >= 15 is 0 Å². The molecule has 0 N–H and O–H groups in total. The van der Waals surface area contributed by atoms with E-state index in [9.17, 15) is 4.79 Å². The monoisotopic (exact) mass is 383 g/mol. The molecular formula is C19H14ClN3O4. The second kappa shape index (κ2) is 8.34. The highest BCUT2D eigenvalue weighted by Gasteiger charge is 2.18. The molecule has 2 aromatic carbocycles. The minimum Gasteiger partial charge on any atom is -0.479 e. The predicted molar refractivity (Wildman–Crippen MR) is 95.8 cm³/mol. The summed E-state index contributed by atoms with van der Waals surface area (Å²) in [5.41, 5.74) is 1.22. The van der Waals surface area contributed by atoms with E-state index in [1.807, 2.05) is 6.07 Å². The maximum absolute atomic E-state index is 12.1. The van der Waals surface area contributed by atoms with Crippen molar-refractivity contribution in [1.29, 1.82) is 5.26 Å². The Kier molecular flexibility index (Phi) is 5.69. The predicted octanol–water partition coefficient (Wildman–Crippen LogP) is 3.77. The summed E-state index contributed by atoms with van der Waals surface area (Å²) in [7, 11) is 0. The molecule has 0 bridgehead atoms. The van der Waals surface area contributed by atoms with Gasteiger partial charge in [-0.05, 0) is 55.5 Å². The number of ether oxygens (including phenoxy) is 2. The van der Waals surface area contributed by atoms with Gasteiger partial charge in [0.05, 0.1) is 11.6 Å². The fraction of sp³-hybridized carbons (Fsp3) is 0.158. The maximum atomic E-state index is 12.1. The fourth-order valence-corrected chi connectivity index (χ4v) is 2.26.